The highest BCUT2D eigenvalue weighted by Crippen LogP contribution is 2.12. The summed E-state index contributed by atoms with van der Waals surface area (Å²) in [6, 6.07) is 7.48. The molecular formula is C14H19N3O2. The second kappa shape index (κ2) is 5.84. The fraction of sp³-hybridized carbons (Fsp3) is 0.429. The molecule has 0 fully saturated rings. The van der Waals surface area contributed by atoms with Crippen LogP contribution in [0.2, 0.25) is 0 Å². The van der Waals surface area contributed by atoms with Crippen molar-refractivity contribution in [3.05, 3.63) is 30.6 Å². The second-order valence-electron chi connectivity index (χ2n) is 4.93. The summed E-state index contributed by atoms with van der Waals surface area (Å²) in [5, 5.41) is 12.2. The van der Waals surface area contributed by atoms with Gasteiger partial charge in [0.25, 0.3) is 0 Å². The predicted octanol–water partition coefficient (Wildman–Crippen LogP) is 1.88. The summed E-state index contributed by atoms with van der Waals surface area (Å²) >= 11 is 0. The molecule has 2 rings (SSSR count). The van der Waals surface area contributed by atoms with E-state index in [1.165, 1.54) is 0 Å². The molecule has 0 saturated carbocycles. The zero-order valence-electron chi connectivity index (χ0n) is 11.2. The van der Waals surface area contributed by atoms with Crippen LogP contribution in [0.25, 0.3) is 11.0 Å². The number of aliphatic carboxylic acids is 1. The second-order valence-corrected chi connectivity index (χ2v) is 4.93. The van der Waals surface area contributed by atoms with Crippen molar-refractivity contribution in [2.45, 2.75) is 38.9 Å². The van der Waals surface area contributed by atoms with Gasteiger partial charge in [-0.05, 0) is 18.6 Å². The Morgan fingerprint density at radius 2 is 2.16 bits per heavy atom. The van der Waals surface area contributed by atoms with Gasteiger partial charge >= 0.3 is 5.97 Å². The molecule has 1 aromatic heterocycles. The zero-order valence-corrected chi connectivity index (χ0v) is 11.2. The van der Waals surface area contributed by atoms with Crippen LogP contribution in [0, 0.1) is 0 Å². The Hall–Kier alpha value is -1.88. The van der Waals surface area contributed by atoms with Crippen molar-refractivity contribution in [1.29, 1.82) is 0 Å². The third-order valence-electron chi connectivity index (χ3n) is 3.02. The van der Waals surface area contributed by atoms with Crippen molar-refractivity contribution >= 4 is 17.0 Å². The number of aryl methyl sites for hydroxylation is 1. The fourth-order valence-electron chi connectivity index (χ4n) is 2.14. The lowest BCUT2D eigenvalue weighted by atomic mass is 10.2. The predicted molar refractivity (Wildman–Crippen MR) is 74.0 cm³/mol. The third kappa shape index (κ3) is 3.32. The van der Waals surface area contributed by atoms with Gasteiger partial charge in [-0.25, -0.2) is 4.98 Å². The summed E-state index contributed by atoms with van der Waals surface area (Å²) in [7, 11) is 0. The van der Waals surface area contributed by atoms with Crippen LogP contribution in [0.4, 0.5) is 0 Å². The summed E-state index contributed by atoms with van der Waals surface area (Å²) < 4.78 is 1.99. The molecule has 1 unspecified atom stereocenters. The first-order chi connectivity index (χ1) is 9.08. The van der Waals surface area contributed by atoms with E-state index in [9.17, 15) is 9.90 Å². The number of benzene rings is 1. The average molecular weight is 261 g/mol. The Balaban J connectivity index is 2.06. The van der Waals surface area contributed by atoms with Crippen molar-refractivity contribution in [2.24, 2.45) is 0 Å². The molecule has 0 aliphatic carbocycles. The first kappa shape index (κ1) is 13.5. The summed E-state index contributed by atoms with van der Waals surface area (Å²) in [6.45, 7) is 4.53. The van der Waals surface area contributed by atoms with Crippen LogP contribution in [-0.2, 0) is 11.3 Å². The molecule has 1 atom stereocenters. The molecule has 5 nitrogen and oxygen atoms in total. The van der Waals surface area contributed by atoms with Gasteiger partial charge in [0.1, 0.15) is 6.04 Å². The molecule has 1 aromatic carbocycles. The number of para-hydroxylation sites is 2. The zero-order chi connectivity index (χ0) is 13.8. The molecule has 0 radical (unpaired) electrons. The summed E-state index contributed by atoms with van der Waals surface area (Å²) in [5.74, 6) is -0.807. The largest absolute Gasteiger partial charge is 0.480 e. The first-order valence-electron chi connectivity index (χ1n) is 6.46. The number of aromatic nitrogens is 2. The quantitative estimate of drug-likeness (QED) is 0.833. The Morgan fingerprint density at radius 1 is 1.42 bits per heavy atom. The van der Waals surface area contributed by atoms with Crippen LogP contribution in [0.5, 0.6) is 0 Å². The fourth-order valence-corrected chi connectivity index (χ4v) is 2.14. The maximum absolute atomic E-state index is 11.2. The first-order valence-corrected chi connectivity index (χ1v) is 6.46. The molecular weight excluding hydrogens is 242 g/mol. The summed E-state index contributed by atoms with van der Waals surface area (Å²) in [4.78, 5) is 15.5. The van der Waals surface area contributed by atoms with Crippen LogP contribution < -0.4 is 5.32 Å². The number of fused-ring (bicyclic) bond motifs is 1. The number of carbonyl (C=O) groups is 1. The number of nitrogens with one attached hydrogen (secondary N) is 1. The molecule has 2 aromatic rings. The molecule has 0 saturated heterocycles. The van der Waals surface area contributed by atoms with Gasteiger partial charge < -0.3 is 15.0 Å². The van der Waals surface area contributed by atoms with Crippen LogP contribution in [0.3, 0.4) is 0 Å². The maximum atomic E-state index is 11.2. The minimum atomic E-state index is -0.807. The number of hydrogen-bond donors (Lipinski definition) is 2. The Bertz CT molecular complexity index is 563. The van der Waals surface area contributed by atoms with E-state index in [2.05, 4.69) is 10.3 Å². The lowest BCUT2D eigenvalue weighted by Crippen LogP contribution is -2.41. The number of nitrogens with zero attached hydrogens (tertiary/aromatic N) is 2. The minimum Gasteiger partial charge on any atom is -0.480 e. The highest BCUT2D eigenvalue weighted by atomic mass is 16.4. The highest BCUT2D eigenvalue weighted by molar-refractivity contribution is 5.75. The Morgan fingerprint density at radius 3 is 2.84 bits per heavy atom. The molecule has 0 bridgehead atoms. The van der Waals surface area contributed by atoms with Gasteiger partial charge in [-0.15, -0.1) is 0 Å². The summed E-state index contributed by atoms with van der Waals surface area (Å²) in [5.41, 5.74) is 1.97. The molecule has 1 heterocycles. The number of imidazole rings is 1. The van der Waals surface area contributed by atoms with Gasteiger partial charge in [0.05, 0.1) is 17.4 Å². The number of carboxylic acid groups (broad SMARTS) is 1. The van der Waals surface area contributed by atoms with Crippen molar-refractivity contribution in [3.8, 4) is 0 Å². The van der Waals surface area contributed by atoms with Gasteiger partial charge in [-0.1, -0.05) is 26.0 Å². The molecule has 0 amide bonds. The summed E-state index contributed by atoms with van der Waals surface area (Å²) in [6.07, 6.45) is 2.30. The normalized spacial score (nSPS) is 13.0. The van der Waals surface area contributed by atoms with E-state index in [4.69, 9.17) is 0 Å². The van der Waals surface area contributed by atoms with Crippen LogP contribution in [0.15, 0.2) is 30.6 Å². The van der Waals surface area contributed by atoms with E-state index in [1.54, 1.807) is 6.33 Å². The van der Waals surface area contributed by atoms with Crippen molar-refractivity contribution in [1.82, 2.24) is 14.9 Å². The van der Waals surface area contributed by atoms with E-state index in [-0.39, 0.29) is 6.04 Å². The average Bonchev–Trinajstić information content (AvgIpc) is 2.77. The SMILES string of the molecule is CC(C)NC(CCn1cnc2ccccc21)C(=O)O. The minimum absolute atomic E-state index is 0.153. The molecule has 102 valence electrons. The molecule has 0 spiro atoms. The topological polar surface area (TPSA) is 67.2 Å². The number of carboxylic acids is 1. The molecule has 0 aliphatic heterocycles. The maximum Gasteiger partial charge on any atom is 0.320 e. The highest BCUT2D eigenvalue weighted by Gasteiger charge is 2.18. The van der Waals surface area contributed by atoms with E-state index in [0.717, 1.165) is 11.0 Å². The lowest BCUT2D eigenvalue weighted by Gasteiger charge is -2.17. The van der Waals surface area contributed by atoms with Gasteiger partial charge in [0.15, 0.2) is 0 Å². The van der Waals surface area contributed by atoms with E-state index < -0.39 is 12.0 Å². The number of rotatable bonds is 6. The van der Waals surface area contributed by atoms with E-state index >= 15 is 0 Å². The van der Waals surface area contributed by atoms with Gasteiger partial charge in [-0.3, -0.25) is 4.79 Å². The van der Waals surface area contributed by atoms with Crippen LogP contribution in [-0.4, -0.2) is 32.7 Å². The van der Waals surface area contributed by atoms with Crippen molar-refractivity contribution in [2.75, 3.05) is 0 Å². The molecule has 2 N–H and O–H groups in total. The van der Waals surface area contributed by atoms with Gasteiger partial charge in [0, 0.05) is 12.6 Å². The monoisotopic (exact) mass is 261 g/mol. The molecule has 19 heavy (non-hydrogen) atoms. The van der Waals surface area contributed by atoms with Crippen molar-refractivity contribution in [3.63, 3.8) is 0 Å². The number of hydrogen-bond acceptors (Lipinski definition) is 3. The van der Waals surface area contributed by atoms with Crippen LogP contribution in [0.1, 0.15) is 20.3 Å². The van der Waals surface area contributed by atoms with E-state index in [0.29, 0.717) is 13.0 Å². The molecule has 5 heteroatoms. The van der Waals surface area contributed by atoms with Gasteiger partial charge in [0.2, 0.25) is 0 Å². The molecule has 0 aliphatic rings. The third-order valence-corrected chi connectivity index (χ3v) is 3.02. The smallest absolute Gasteiger partial charge is 0.320 e. The lowest BCUT2D eigenvalue weighted by molar-refractivity contribution is -0.139. The van der Waals surface area contributed by atoms with Crippen LogP contribution >= 0.6 is 0 Å². The van der Waals surface area contributed by atoms with Gasteiger partial charge in [-0.2, -0.15) is 0 Å². The Kier molecular flexibility index (Phi) is 4.16. The Labute approximate surface area is 112 Å². The van der Waals surface area contributed by atoms with Crippen molar-refractivity contribution < 1.29 is 9.90 Å². The van der Waals surface area contributed by atoms with E-state index in [1.807, 2.05) is 42.7 Å². The standard InChI is InChI=1S/C14H19N3O2/c1-10(2)16-12(14(18)19)7-8-17-9-15-11-5-3-4-6-13(11)17/h3-6,9-10,12,16H,7-8H2,1-2H3,(H,18,19).